The van der Waals surface area contributed by atoms with Gasteiger partial charge in [0.25, 0.3) is 0 Å². The molecular formula is C12H22N. The number of unbranched alkanes of at least 4 members (excludes halogenated alkanes) is 1. The van der Waals surface area contributed by atoms with E-state index in [0.717, 1.165) is 18.5 Å². The number of rotatable bonds is 5. The van der Waals surface area contributed by atoms with Crippen LogP contribution >= 0.6 is 0 Å². The van der Waals surface area contributed by atoms with Crippen LogP contribution in [0.25, 0.3) is 0 Å². The van der Waals surface area contributed by atoms with Gasteiger partial charge in [-0.3, -0.25) is 4.90 Å². The largest absolute Gasteiger partial charge is 0.297 e. The summed E-state index contributed by atoms with van der Waals surface area (Å²) in [5.74, 6) is 0. The van der Waals surface area contributed by atoms with E-state index < -0.39 is 0 Å². The van der Waals surface area contributed by atoms with Gasteiger partial charge in [-0.1, -0.05) is 26.2 Å². The third-order valence-electron chi connectivity index (χ3n) is 3.75. The minimum absolute atomic E-state index is 0.955. The lowest BCUT2D eigenvalue weighted by atomic mass is 9.84. The fourth-order valence-corrected chi connectivity index (χ4v) is 2.39. The molecule has 1 heteroatoms. The summed E-state index contributed by atoms with van der Waals surface area (Å²) in [7, 11) is 0. The molecule has 0 unspecified atom stereocenters. The zero-order valence-electron chi connectivity index (χ0n) is 8.67. The lowest BCUT2D eigenvalue weighted by molar-refractivity contribution is 0.0398. The highest BCUT2D eigenvalue weighted by Crippen LogP contribution is 2.33. The SMILES string of the molecule is [CH2]CCCN(C1CCC1)C1CCC1. The highest BCUT2D eigenvalue weighted by Gasteiger charge is 2.32. The third-order valence-corrected chi connectivity index (χ3v) is 3.75. The molecule has 0 amide bonds. The van der Waals surface area contributed by atoms with Crippen LogP contribution in [0.1, 0.15) is 51.4 Å². The zero-order valence-corrected chi connectivity index (χ0v) is 8.67. The molecule has 1 radical (unpaired) electrons. The van der Waals surface area contributed by atoms with Gasteiger partial charge in [-0.15, -0.1) is 0 Å². The number of hydrogen-bond acceptors (Lipinski definition) is 1. The van der Waals surface area contributed by atoms with Gasteiger partial charge in [0.1, 0.15) is 0 Å². The zero-order chi connectivity index (χ0) is 9.10. The van der Waals surface area contributed by atoms with Crippen molar-refractivity contribution in [3.8, 4) is 0 Å². The molecule has 2 fully saturated rings. The molecule has 0 saturated heterocycles. The van der Waals surface area contributed by atoms with Crippen LogP contribution in [0.2, 0.25) is 0 Å². The molecule has 2 aliphatic rings. The molecule has 0 spiro atoms. The Balaban J connectivity index is 1.78. The molecule has 0 aromatic rings. The van der Waals surface area contributed by atoms with E-state index in [2.05, 4.69) is 11.8 Å². The summed E-state index contributed by atoms with van der Waals surface area (Å²) >= 11 is 0. The first-order chi connectivity index (χ1) is 6.42. The lowest BCUT2D eigenvalue weighted by Crippen LogP contribution is -2.49. The summed E-state index contributed by atoms with van der Waals surface area (Å²) in [4.78, 5) is 2.79. The van der Waals surface area contributed by atoms with Crippen LogP contribution in [0.15, 0.2) is 0 Å². The quantitative estimate of drug-likeness (QED) is 0.628. The molecule has 0 N–H and O–H groups in total. The summed E-state index contributed by atoms with van der Waals surface area (Å²) in [6, 6.07) is 1.91. The van der Waals surface area contributed by atoms with E-state index in [-0.39, 0.29) is 0 Å². The predicted octanol–water partition coefficient (Wildman–Crippen LogP) is 3.01. The van der Waals surface area contributed by atoms with Crippen molar-refractivity contribution < 1.29 is 0 Å². The molecule has 75 valence electrons. The summed E-state index contributed by atoms with van der Waals surface area (Å²) in [6.07, 6.45) is 11.2. The van der Waals surface area contributed by atoms with Gasteiger partial charge in [-0.25, -0.2) is 0 Å². The Labute approximate surface area is 82.5 Å². The third kappa shape index (κ3) is 2.07. The smallest absolute Gasteiger partial charge is 0.00982 e. The van der Waals surface area contributed by atoms with Crippen LogP contribution in [-0.4, -0.2) is 23.5 Å². The van der Waals surface area contributed by atoms with E-state index in [1.807, 2.05) is 0 Å². The van der Waals surface area contributed by atoms with Crippen molar-refractivity contribution in [2.75, 3.05) is 6.54 Å². The van der Waals surface area contributed by atoms with Crippen molar-refractivity contribution >= 4 is 0 Å². The Kier molecular flexibility index (Phi) is 3.26. The van der Waals surface area contributed by atoms with Crippen molar-refractivity contribution in [2.45, 2.75) is 63.5 Å². The normalized spacial score (nSPS) is 24.5. The molecule has 2 rings (SSSR count). The summed E-state index contributed by atoms with van der Waals surface area (Å²) in [5, 5.41) is 0. The first-order valence-electron chi connectivity index (χ1n) is 5.97. The van der Waals surface area contributed by atoms with Gasteiger partial charge in [-0.2, -0.15) is 0 Å². The highest BCUT2D eigenvalue weighted by molar-refractivity contribution is 4.88. The summed E-state index contributed by atoms with van der Waals surface area (Å²) in [5.41, 5.74) is 0. The maximum absolute atomic E-state index is 3.94. The van der Waals surface area contributed by atoms with Crippen LogP contribution in [0.4, 0.5) is 0 Å². The van der Waals surface area contributed by atoms with Crippen molar-refractivity contribution in [3.05, 3.63) is 6.92 Å². The second-order valence-corrected chi connectivity index (χ2v) is 4.61. The Morgan fingerprint density at radius 1 is 1.00 bits per heavy atom. The van der Waals surface area contributed by atoms with Crippen LogP contribution in [0.3, 0.4) is 0 Å². The van der Waals surface area contributed by atoms with Gasteiger partial charge in [0.15, 0.2) is 0 Å². The Bertz CT molecular complexity index is 133. The maximum Gasteiger partial charge on any atom is 0.00982 e. The fourth-order valence-electron chi connectivity index (χ4n) is 2.39. The average Bonchev–Trinajstić information content (AvgIpc) is 1.93. The highest BCUT2D eigenvalue weighted by atomic mass is 15.2. The molecule has 0 heterocycles. The molecule has 0 aromatic heterocycles. The Morgan fingerprint density at radius 3 is 1.85 bits per heavy atom. The van der Waals surface area contributed by atoms with Crippen LogP contribution in [0.5, 0.6) is 0 Å². The van der Waals surface area contributed by atoms with E-state index in [1.54, 1.807) is 0 Å². The topological polar surface area (TPSA) is 3.24 Å². The first-order valence-corrected chi connectivity index (χ1v) is 5.97. The molecule has 0 bridgehead atoms. The second-order valence-electron chi connectivity index (χ2n) is 4.61. The fraction of sp³-hybridized carbons (Fsp3) is 0.917. The Hall–Kier alpha value is -0.0400. The van der Waals surface area contributed by atoms with E-state index in [0.29, 0.717) is 0 Å². The molecule has 13 heavy (non-hydrogen) atoms. The first kappa shape index (κ1) is 9.51. The van der Waals surface area contributed by atoms with Gasteiger partial charge in [0.2, 0.25) is 0 Å². The van der Waals surface area contributed by atoms with E-state index in [9.17, 15) is 0 Å². The van der Waals surface area contributed by atoms with E-state index in [1.165, 1.54) is 51.5 Å². The predicted molar refractivity (Wildman–Crippen MR) is 56.6 cm³/mol. The Morgan fingerprint density at radius 2 is 1.54 bits per heavy atom. The standard InChI is InChI=1S/C12H22N/c1-2-3-10-13(11-6-4-7-11)12-8-5-9-12/h11-12H,1-10H2. The molecule has 2 aliphatic carbocycles. The summed E-state index contributed by atoms with van der Waals surface area (Å²) < 4.78 is 0. The average molecular weight is 180 g/mol. The maximum atomic E-state index is 3.94. The van der Waals surface area contributed by atoms with Crippen molar-refractivity contribution in [1.29, 1.82) is 0 Å². The minimum Gasteiger partial charge on any atom is -0.297 e. The minimum atomic E-state index is 0.955. The van der Waals surface area contributed by atoms with E-state index in [4.69, 9.17) is 0 Å². The van der Waals surface area contributed by atoms with Crippen LogP contribution < -0.4 is 0 Å². The van der Waals surface area contributed by atoms with Crippen molar-refractivity contribution in [1.82, 2.24) is 4.90 Å². The van der Waals surface area contributed by atoms with Gasteiger partial charge in [-0.05, 0) is 38.6 Å². The van der Waals surface area contributed by atoms with Gasteiger partial charge in [0.05, 0.1) is 0 Å². The summed E-state index contributed by atoms with van der Waals surface area (Å²) in [6.45, 7) is 5.26. The molecule has 0 aliphatic heterocycles. The molecular weight excluding hydrogens is 158 g/mol. The molecule has 0 aromatic carbocycles. The molecule has 2 saturated carbocycles. The molecule has 0 atom stereocenters. The van der Waals surface area contributed by atoms with Crippen molar-refractivity contribution in [3.63, 3.8) is 0 Å². The van der Waals surface area contributed by atoms with E-state index >= 15 is 0 Å². The second kappa shape index (κ2) is 4.45. The van der Waals surface area contributed by atoms with Gasteiger partial charge >= 0.3 is 0 Å². The number of nitrogens with zero attached hydrogens (tertiary/aromatic N) is 1. The monoisotopic (exact) mass is 180 g/mol. The van der Waals surface area contributed by atoms with Gasteiger partial charge < -0.3 is 0 Å². The number of hydrogen-bond donors (Lipinski definition) is 0. The van der Waals surface area contributed by atoms with Crippen LogP contribution in [0, 0.1) is 6.92 Å². The lowest BCUT2D eigenvalue weighted by Gasteiger charge is -2.46. The van der Waals surface area contributed by atoms with Crippen molar-refractivity contribution in [2.24, 2.45) is 0 Å². The van der Waals surface area contributed by atoms with Crippen LogP contribution in [-0.2, 0) is 0 Å². The van der Waals surface area contributed by atoms with Gasteiger partial charge in [0, 0.05) is 12.1 Å². The molecule has 1 nitrogen and oxygen atoms in total.